The Morgan fingerprint density at radius 3 is 1.94 bits per heavy atom. The second kappa shape index (κ2) is 9.89. The lowest BCUT2D eigenvalue weighted by molar-refractivity contribution is 0.653. The molecule has 4 heterocycles. The van der Waals surface area contributed by atoms with E-state index >= 15 is 0 Å². The van der Waals surface area contributed by atoms with Crippen molar-refractivity contribution in [3.63, 3.8) is 0 Å². The van der Waals surface area contributed by atoms with Crippen LogP contribution in [0.3, 0.4) is 0 Å². The molecular formula is C44H26N4O. The van der Waals surface area contributed by atoms with Gasteiger partial charge >= 0.3 is 0 Å². The van der Waals surface area contributed by atoms with Crippen molar-refractivity contribution in [3.05, 3.63) is 158 Å². The first-order chi connectivity index (χ1) is 24.3. The molecule has 0 aliphatic heterocycles. The van der Waals surface area contributed by atoms with E-state index in [2.05, 4.69) is 149 Å². The molecule has 0 fully saturated rings. The molecule has 0 amide bonds. The van der Waals surface area contributed by atoms with Gasteiger partial charge in [0.15, 0.2) is 5.82 Å². The average Bonchev–Trinajstić information content (AvgIpc) is 3.81. The van der Waals surface area contributed by atoms with E-state index < -0.39 is 0 Å². The van der Waals surface area contributed by atoms with Gasteiger partial charge in [0.05, 0.1) is 22.1 Å². The first kappa shape index (κ1) is 26.4. The molecule has 5 heteroatoms. The molecule has 11 aromatic rings. The van der Waals surface area contributed by atoms with Gasteiger partial charge in [-0.3, -0.25) is 4.57 Å². The molecule has 0 bridgehead atoms. The number of hydrogen-bond donors (Lipinski definition) is 0. The molecule has 5 nitrogen and oxygen atoms in total. The molecule has 0 saturated carbocycles. The normalized spacial score (nSPS) is 12.1. The van der Waals surface area contributed by atoms with Gasteiger partial charge in [-0.15, -0.1) is 0 Å². The topological polar surface area (TPSA) is 48.8 Å². The summed E-state index contributed by atoms with van der Waals surface area (Å²) in [6.45, 7) is 0. The number of nitrogens with zero attached hydrogens (tertiary/aromatic N) is 4. The van der Waals surface area contributed by atoms with Crippen molar-refractivity contribution in [3.8, 4) is 22.8 Å². The Bertz CT molecular complexity index is 3110. The zero-order chi connectivity index (χ0) is 32.1. The van der Waals surface area contributed by atoms with Crippen LogP contribution in [0.2, 0.25) is 0 Å². The van der Waals surface area contributed by atoms with E-state index in [1.54, 1.807) is 0 Å². The average molecular weight is 627 g/mol. The van der Waals surface area contributed by atoms with E-state index in [1.165, 1.54) is 21.5 Å². The third-order valence-corrected chi connectivity index (χ3v) is 9.91. The summed E-state index contributed by atoms with van der Waals surface area (Å²) in [4.78, 5) is 10.9. The molecule has 49 heavy (non-hydrogen) atoms. The van der Waals surface area contributed by atoms with Crippen molar-refractivity contribution < 1.29 is 4.42 Å². The van der Waals surface area contributed by atoms with Crippen LogP contribution in [0.5, 0.6) is 0 Å². The molecule has 0 spiro atoms. The second-order valence-corrected chi connectivity index (χ2v) is 12.6. The van der Waals surface area contributed by atoms with Gasteiger partial charge in [-0.2, -0.15) is 0 Å². The lowest BCUT2D eigenvalue weighted by atomic mass is 10.0. The van der Waals surface area contributed by atoms with E-state index in [0.717, 1.165) is 72.1 Å². The predicted octanol–water partition coefficient (Wildman–Crippen LogP) is 11.4. The van der Waals surface area contributed by atoms with Crippen molar-refractivity contribution in [1.82, 2.24) is 19.1 Å². The summed E-state index contributed by atoms with van der Waals surface area (Å²) < 4.78 is 11.0. The van der Waals surface area contributed by atoms with Crippen LogP contribution in [0, 0.1) is 0 Å². The highest BCUT2D eigenvalue weighted by Crippen LogP contribution is 2.43. The van der Waals surface area contributed by atoms with Crippen LogP contribution in [-0.2, 0) is 0 Å². The molecule has 0 atom stereocenters. The molecule has 0 saturated heterocycles. The zero-order valence-corrected chi connectivity index (χ0v) is 26.2. The Morgan fingerprint density at radius 2 is 1.10 bits per heavy atom. The first-order valence-corrected chi connectivity index (χ1v) is 16.5. The Kier molecular flexibility index (Phi) is 5.32. The standard InChI is InChI=1S/C44H26N4O/c1-2-15-29(16-3-1)47-36-22-10-7-18-31(36)40-33(20-12-23-37(40)47)41-43(45-42-32-19-8-11-24-39(32)49-44(42)46-41)48-35-21-9-6-17-30(35)34-25-27-13-4-5-14-28(27)26-38(34)48/h1-26H. The zero-order valence-electron chi connectivity index (χ0n) is 26.2. The maximum absolute atomic E-state index is 6.41. The number of aromatic nitrogens is 4. The largest absolute Gasteiger partial charge is 0.436 e. The van der Waals surface area contributed by atoms with Gasteiger partial charge < -0.3 is 8.98 Å². The van der Waals surface area contributed by atoms with Crippen molar-refractivity contribution in [1.29, 1.82) is 0 Å². The molecule has 7 aromatic carbocycles. The minimum atomic E-state index is 0.523. The summed E-state index contributed by atoms with van der Waals surface area (Å²) in [5, 5.41) is 7.96. The van der Waals surface area contributed by atoms with Gasteiger partial charge in [-0.1, -0.05) is 103 Å². The maximum atomic E-state index is 6.41. The maximum Gasteiger partial charge on any atom is 0.247 e. The fourth-order valence-electron chi connectivity index (χ4n) is 7.81. The Balaban J connectivity index is 1.33. The van der Waals surface area contributed by atoms with E-state index in [1.807, 2.05) is 18.2 Å². The van der Waals surface area contributed by atoms with Crippen LogP contribution in [-0.4, -0.2) is 19.1 Å². The summed E-state index contributed by atoms with van der Waals surface area (Å²) in [7, 11) is 0. The van der Waals surface area contributed by atoms with Crippen molar-refractivity contribution in [2.45, 2.75) is 0 Å². The molecule has 0 unspecified atom stereocenters. The van der Waals surface area contributed by atoms with Gasteiger partial charge in [-0.05, 0) is 65.4 Å². The highest BCUT2D eigenvalue weighted by molar-refractivity contribution is 6.18. The summed E-state index contributed by atoms with van der Waals surface area (Å²) in [6.07, 6.45) is 0. The van der Waals surface area contributed by atoms with Gasteiger partial charge in [0.1, 0.15) is 16.8 Å². The van der Waals surface area contributed by atoms with Crippen LogP contribution in [0.15, 0.2) is 162 Å². The number of fused-ring (bicyclic) bond motifs is 10. The minimum absolute atomic E-state index is 0.523. The number of benzene rings is 7. The summed E-state index contributed by atoms with van der Waals surface area (Å²) >= 11 is 0. The summed E-state index contributed by atoms with van der Waals surface area (Å²) in [6, 6.07) is 55.5. The van der Waals surface area contributed by atoms with Crippen LogP contribution in [0.4, 0.5) is 0 Å². The molecule has 0 aliphatic rings. The third kappa shape index (κ3) is 3.70. The summed E-state index contributed by atoms with van der Waals surface area (Å²) in [5.74, 6) is 0.768. The fourth-order valence-corrected chi connectivity index (χ4v) is 7.81. The minimum Gasteiger partial charge on any atom is -0.436 e. The van der Waals surface area contributed by atoms with Gasteiger partial charge in [-0.25, -0.2) is 9.97 Å². The lowest BCUT2D eigenvalue weighted by Gasteiger charge is -2.14. The molecule has 4 aromatic heterocycles. The van der Waals surface area contributed by atoms with E-state index in [9.17, 15) is 0 Å². The van der Waals surface area contributed by atoms with Gasteiger partial charge in [0.25, 0.3) is 0 Å². The van der Waals surface area contributed by atoms with Crippen molar-refractivity contribution >= 4 is 76.6 Å². The van der Waals surface area contributed by atoms with E-state index in [-0.39, 0.29) is 0 Å². The molecule has 0 aliphatic carbocycles. The Morgan fingerprint density at radius 1 is 0.449 bits per heavy atom. The fraction of sp³-hybridized carbons (Fsp3) is 0. The van der Waals surface area contributed by atoms with Gasteiger partial charge in [0, 0.05) is 38.2 Å². The smallest absolute Gasteiger partial charge is 0.247 e. The number of para-hydroxylation sites is 4. The molecule has 228 valence electrons. The molecule has 0 N–H and O–H groups in total. The van der Waals surface area contributed by atoms with Crippen molar-refractivity contribution in [2.75, 3.05) is 0 Å². The van der Waals surface area contributed by atoms with Crippen LogP contribution < -0.4 is 0 Å². The quantitative estimate of drug-likeness (QED) is 0.196. The van der Waals surface area contributed by atoms with E-state index in [4.69, 9.17) is 14.4 Å². The van der Waals surface area contributed by atoms with Gasteiger partial charge in [0.2, 0.25) is 5.71 Å². The number of hydrogen-bond acceptors (Lipinski definition) is 3. The van der Waals surface area contributed by atoms with Crippen LogP contribution >= 0.6 is 0 Å². The summed E-state index contributed by atoms with van der Waals surface area (Å²) in [5.41, 5.74) is 9.33. The lowest BCUT2D eigenvalue weighted by Crippen LogP contribution is -2.03. The Labute approximate surface area is 279 Å². The van der Waals surface area contributed by atoms with Crippen molar-refractivity contribution in [2.24, 2.45) is 0 Å². The predicted molar refractivity (Wildman–Crippen MR) is 201 cm³/mol. The second-order valence-electron chi connectivity index (χ2n) is 12.6. The van der Waals surface area contributed by atoms with Crippen LogP contribution in [0.25, 0.3) is 99.3 Å². The molecule has 0 radical (unpaired) electrons. The highest BCUT2D eigenvalue weighted by Gasteiger charge is 2.25. The molecule has 11 rings (SSSR count). The number of furan rings is 1. The SMILES string of the molecule is c1ccc(-n2c3ccccc3c3c(-c4nc5oc6ccccc6c5nc4-n4c5ccccc5c5cc6ccccc6cc54)cccc32)cc1. The monoisotopic (exact) mass is 626 g/mol. The van der Waals surface area contributed by atoms with Crippen LogP contribution in [0.1, 0.15) is 0 Å². The number of rotatable bonds is 3. The first-order valence-electron chi connectivity index (χ1n) is 16.5. The third-order valence-electron chi connectivity index (χ3n) is 9.91. The highest BCUT2D eigenvalue weighted by atomic mass is 16.3. The molecular weight excluding hydrogens is 601 g/mol. The van der Waals surface area contributed by atoms with E-state index in [0.29, 0.717) is 5.71 Å². The Hall–Kier alpha value is -6.72.